The van der Waals surface area contributed by atoms with Gasteiger partial charge in [0.2, 0.25) is 17.6 Å². The van der Waals surface area contributed by atoms with Crippen LogP contribution in [0.5, 0.6) is 0 Å². The summed E-state index contributed by atoms with van der Waals surface area (Å²) in [5, 5.41) is 4.71. The van der Waals surface area contributed by atoms with Gasteiger partial charge in [0.05, 0.1) is 6.42 Å². The van der Waals surface area contributed by atoms with Crippen molar-refractivity contribution in [3.8, 4) is 11.4 Å². The maximum Gasteiger partial charge on any atom is 0.230 e. The van der Waals surface area contributed by atoms with Crippen LogP contribution in [-0.2, 0) is 11.2 Å². The van der Waals surface area contributed by atoms with Crippen LogP contribution in [0.25, 0.3) is 11.4 Å². The molecule has 154 valence electrons. The van der Waals surface area contributed by atoms with Gasteiger partial charge in [0.1, 0.15) is 5.82 Å². The number of benzene rings is 1. The molecule has 1 amide bonds. The third kappa shape index (κ3) is 4.03. The molecule has 1 aliphatic heterocycles. The average molecular weight is 424 g/mol. The first-order chi connectivity index (χ1) is 14.7. The highest BCUT2D eigenvalue weighted by molar-refractivity contribution is 6.31. The Kier molecular flexibility index (Phi) is 5.12. The first-order valence-electron chi connectivity index (χ1n) is 10.2. The number of aromatic nitrogens is 3. The molecule has 1 aliphatic carbocycles. The fourth-order valence-electron chi connectivity index (χ4n) is 3.66. The monoisotopic (exact) mass is 423 g/mol. The van der Waals surface area contributed by atoms with E-state index < -0.39 is 0 Å². The van der Waals surface area contributed by atoms with Crippen molar-refractivity contribution in [2.45, 2.75) is 25.2 Å². The zero-order chi connectivity index (χ0) is 20.5. The SMILES string of the molecule is O=C(Cc1ccccc1Cl)N1CCN(c2ccc(-c3noc(C4CC4)n3)cn2)CC1. The fourth-order valence-corrected chi connectivity index (χ4v) is 3.86. The number of nitrogens with zero attached hydrogens (tertiary/aromatic N) is 5. The predicted octanol–water partition coefficient (Wildman–Crippen LogP) is 3.55. The molecule has 5 rings (SSSR count). The Hall–Kier alpha value is -2.93. The molecule has 3 aromatic rings. The van der Waals surface area contributed by atoms with E-state index in [-0.39, 0.29) is 5.91 Å². The van der Waals surface area contributed by atoms with Crippen molar-refractivity contribution in [3.05, 3.63) is 59.1 Å². The maximum absolute atomic E-state index is 12.6. The number of piperazine rings is 1. The largest absolute Gasteiger partial charge is 0.353 e. The van der Waals surface area contributed by atoms with E-state index in [1.807, 2.05) is 41.3 Å². The van der Waals surface area contributed by atoms with E-state index in [9.17, 15) is 4.79 Å². The molecule has 1 aromatic carbocycles. The second-order valence-corrected chi connectivity index (χ2v) is 8.18. The number of pyridine rings is 1. The molecule has 2 aliphatic rings. The molecule has 0 bridgehead atoms. The number of carbonyl (C=O) groups excluding carboxylic acids is 1. The van der Waals surface area contributed by atoms with Crippen molar-refractivity contribution in [1.29, 1.82) is 0 Å². The summed E-state index contributed by atoms with van der Waals surface area (Å²) >= 11 is 6.19. The summed E-state index contributed by atoms with van der Waals surface area (Å²) in [4.78, 5) is 25.8. The van der Waals surface area contributed by atoms with E-state index in [1.54, 1.807) is 6.20 Å². The highest BCUT2D eigenvalue weighted by Gasteiger charge is 2.30. The molecule has 0 spiro atoms. The summed E-state index contributed by atoms with van der Waals surface area (Å²) in [6.07, 6.45) is 4.38. The lowest BCUT2D eigenvalue weighted by Crippen LogP contribution is -2.49. The summed E-state index contributed by atoms with van der Waals surface area (Å²) in [7, 11) is 0. The topological polar surface area (TPSA) is 75.4 Å². The van der Waals surface area contributed by atoms with E-state index in [4.69, 9.17) is 16.1 Å². The Morgan fingerprint density at radius 2 is 1.90 bits per heavy atom. The number of rotatable bonds is 5. The molecule has 2 fully saturated rings. The standard InChI is InChI=1S/C22H22ClN5O2/c23-18-4-2-1-3-16(18)13-20(29)28-11-9-27(10-12-28)19-8-7-17(14-24-19)21-25-22(30-26-21)15-5-6-15/h1-4,7-8,14-15H,5-6,9-13H2. The van der Waals surface area contributed by atoms with Gasteiger partial charge >= 0.3 is 0 Å². The number of anilines is 1. The molecule has 30 heavy (non-hydrogen) atoms. The summed E-state index contributed by atoms with van der Waals surface area (Å²) in [6.45, 7) is 2.83. The van der Waals surface area contributed by atoms with E-state index in [0.29, 0.717) is 36.3 Å². The molecule has 8 heteroatoms. The van der Waals surface area contributed by atoms with Crippen molar-refractivity contribution in [3.63, 3.8) is 0 Å². The molecule has 0 atom stereocenters. The highest BCUT2D eigenvalue weighted by atomic mass is 35.5. The molecule has 1 saturated heterocycles. The first-order valence-corrected chi connectivity index (χ1v) is 10.6. The smallest absolute Gasteiger partial charge is 0.230 e. The summed E-state index contributed by atoms with van der Waals surface area (Å²) < 4.78 is 5.33. The first kappa shape index (κ1) is 19.1. The van der Waals surface area contributed by atoms with Crippen LogP contribution in [0.4, 0.5) is 5.82 Å². The van der Waals surface area contributed by atoms with Crippen LogP contribution in [0.2, 0.25) is 5.02 Å². The molecule has 0 radical (unpaired) electrons. The fraction of sp³-hybridized carbons (Fsp3) is 0.364. The van der Waals surface area contributed by atoms with Gasteiger partial charge in [-0.2, -0.15) is 4.98 Å². The zero-order valence-electron chi connectivity index (χ0n) is 16.5. The highest BCUT2D eigenvalue weighted by Crippen LogP contribution is 2.39. The number of carbonyl (C=O) groups is 1. The minimum atomic E-state index is 0.106. The Morgan fingerprint density at radius 1 is 1.10 bits per heavy atom. The second kappa shape index (κ2) is 8.07. The van der Waals surface area contributed by atoms with Crippen LogP contribution < -0.4 is 4.90 Å². The van der Waals surface area contributed by atoms with Gasteiger partial charge in [-0.1, -0.05) is 35.0 Å². The van der Waals surface area contributed by atoms with Gasteiger partial charge in [-0.3, -0.25) is 4.79 Å². The summed E-state index contributed by atoms with van der Waals surface area (Å²) in [5.74, 6) is 2.76. The molecule has 3 heterocycles. The van der Waals surface area contributed by atoms with Crippen molar-refractivity contribution in [2.24, 2.45) is 0 Å². The molecular weight excluding hydrogens is 402 g/mol. The van der Waals surface area contributed by atoms with Crippen LogP contribution in [0, 0.1) is 0 Å². The molecular formula is C22H22ClN5O2. The number of halogens is 1. The van der Waals surface area contributed by atoms with Gasteiger partial charge in [0, 0.05) is 48.9 Å². The Morgan fingerprint density at radius 3 is 2.60 bits per heavy atom. The van der Waals surface area contributed by atoms with Crippen molar-refractivity contribution >= 4 is 23.3 Å². The molecule has 0 N–H and O–H groups in total. The maximum atomic E-state index is 12.6. The van der Waals surface area contributed by atoms with Gasteiger partial charge in [-0.05, 0) is 36.6 Å². The summed E-state index contributed by atoms with van der Waals surface area (Å²) in [6, 6.07) is 11.4. The van der Waals surface area contributed by atoms with E-state index in [1.165, 1.54) is 0 Å². The number of amides is 1. The minimum Gasteiger partial charge on any atom is -0.353 e. The Bertz CT molecular complexity index is 1040. The van der Waals surface area contributed by atoms with Crippen molar-refractivity contribution < 1.29 is 9.32 Å². The number of hydrogen-bond donors (Lipinski definition) is 0. The Labute approximate surface area is 179 Å². The summed E-state index contributed by atoms with van der Waals surface area (Å²) in [5.41, 5.74) is 1.72. The van der Waals surface area contributed by atoms with Crippen molar-refractivity contribution in [2.75, 3.05) is 31.1 Å². The van der Waals surface area contributed by atoms with E-state index in [2.05, 4.69) is 20.0 Å². The van der Waals surface area contributed by atoms with Crippen LogP contribution in [-0.4, -0.2) is 52.1 Å². The Balaban J connectivity index is 1.18. The van der Waals surface area contributed by atoms with Gasteiger partial charge in [0.15, 0.2) is 0 Å². The lowest BCUT2D eigenvalue weighted by Gasteiger charge is -2.35. The van der Waals surface area contributed by atoms with Crippen LogP contribution in [0.3, 0.4) is 0 Å². The van der Waals surface area contributed by atoms with Gasteiger partial charge < -0.3 is 14.3 Å². The molecule has 2 aromatic heterocycles. The van der Waals surface area contributed by atoms with Crippen molar-refractivity contribution in [1.82, 2.24) is 20.0 Å². The number of hydrogen-bond acceptors (Lipinski definition) is 6. The van der Waals surface area contributed by atoms with E-state index >= 15 is 0 Å². The third-order valence-corrected chi connectivity index (χ3v) is 6.00. The minimum absolute atomic E-state index is 0.106. The quantitative estimate of drug-likeness (QED) is 0.624. The van der Waals surface area contributed by atoms with E-state index in [0.717, 1.165) is 48.8 Å². The molecule has 1 saturated carbocycles. The van der Waals surface area contributed by atoms with Crippen LogP contribution >= 0.6 is 11.6 Å². The lowest BCUT2D eigenvalue weighted by molar-refractivity contribution is -0.130. The molecule has 0 unspecified atom stereocenters. The van der Waals surface area contributed by atoms with Gasteiger partial charge in [-0.15, -0.1) is 0 Å². The van der Waals surface area contributed by atoms with Crippen LogP contribution in [0.1, 0.15) is 30.2 Å². The average Bonchev–Trinajstić information content (AvgIpc) is 3.52. The third-order valence-electron chi connectivity index (χ3n) is 5.63. The molecule has 7 nitrogen and oxygen atoms in total. The second-order valence-electron chi connectivity index (χ2n) is 7.77. The van der Waals surface area contributed by atoms with Gasteiger partial charge in [0.25, 0.3) is 0 Å². The zero-order valence-corrected chi connectivity index (χ0v) is 17.3. The van der Waals surface area contributed by atoms with Gasteiger partial charge in [-0.25, -0.2) is 4.98 Å². The lowest BCUT2D eigenvalue weighted by atomic mass is 10.1. The van der Waals surface area contributed by atoms with Crippen LogP contribution in [0.15, 0.2) is 47.1 Å². The normalized spacial score (nSPS) is 16.7. The predicted molar refractivity (Wildman–Crippen MR) is 113 cm³/mol.